The largest absolute Gasteiger partial charge is 0.462 e. The molecule has 0 amide bonds. The van der Waals surface area contributed by atoms with Crippen LogP contribution in [0.15, 0.2) is 12.2 Å². The fourth-order valence-corrected chi connectivity index (χ4v) is 2.40. The molecule has 0 saturated carbocycles. The molecule has 0 radical (unpaired) electrons. The summed E-state index contributed by atoms with van der Waals surface area (Å²) in [5.41, 5.74) is -2.33. The molecule has 0 aromatic rings. The molecule has 0 aliphatic heterocycles. The lowest BCUT2D eigenvalue weighted by Gasteiger charge is -2.08. The van der Waals surface area contributed by atoms with Gasteiger partial charge in [-0.3, -0.25) is 0 Å². The van der Waals surface area contributed by atoms with E-state index in [1.54, 1.807) is 6.92 Å². The molecule has 0 aromatic carbocycles. The first-order valence-electron chi connectivity index (χ1n) is 6.85. The van der Waals surface area contributed by atoms with E-state index < -0.39 is 5.69 Å². The maximum absolute atomic E-state index is 11.1. The van der Waals surface area contributed by atoms with E-state index in [9.17, 15) is 4.79 Å². The first-order chi connectivity index (χ1) is 9.33. The van der Waals surface area contributed by atoms with Crippen LogP contribution < -0.4 is 0 Å². The van der Waals surface area contributed by atoms with Gasteiger partial charge in [-0.2, -0.15) is 0 Å². The lowest BCUT2D eigenvalue weighted by atomic mass is 10.1. The van der Waals surface area contributed by atoms with Crippen molar-refractivity contribution in [2.45, 2.75) is 51.9 Å². The number of hydrogen-bond donors (Lipinski definition) is 2. The highest BCUT2D eigenvalue weighted by atomic mass is 32.9. The number of carbonyl (C=O) groups is 1. The Morgan fingerprint density at radius 2 is 1.60 bits per heavy atom. The van der Waals surface area contributed by atoms with Crippen LogP contribution in [-0.2, 0) is 25.9 Å². The monoisotopic (exact) mass is 340 g/mol. The van der Waals surface area contributed by atoms with Gasteiger partial charge in [-0.05, 0) is 31.6 Å². The van der Waals surface area contributed by atoms with Gasteiger partial charge in [0.2, 0.25) is 5.69 Å². The van der Waals surface area contributed by atoms with Crippen LogP contribution in [0.1, 0.15) is 51.9 Å². The zero-order chi connectivity index (χ0) is 15.4. The van der Waals surface area contributed by atoms with Gasteiger partial charge >= 0.3 is 5.97 Å². The Hall–Kier alpha value is 0.130. The molecule has 1 atom stereocenters. The summed E-state index contributed by atoms with van der Waals surface area (Å²) < 4.78 is 10.0. The van der Waals surface area contributed by atoms with Crippen LogP contribution in [0, 0.1) is 0 Å². The summed E-state index contributed by atoms with van der Waals surface area (Å²) in [6.07, 6.45) is 7.35. The fourth-order valence-electron chi connectivity index (χ4n) is 1.56. The van der Waals surface area contributed by atoms with Gasteiger partial charge in [0.25, 0.3) is 0 Å². The number of hydrogen-bond acceptors (Lipinski definition) is 4. The number of rotatable bonds is 12. The Balaban J connectivity index is 3.20. The summed E-state index contributed by atoms with van der Waals surface area (Å²) in [4.78, 5) is 20.2. The number of ether oxygens (including phenoxy) is 1. The highest BCUT2D eigenvalue weighted by Crippen LogP contribution is 2.47. The normalized spacial score (nSPS) is 13.8. The van der Waals surface area contributed by atoms with E-state index in [4.69, 9.17) is 14.2 Å². The summed E-state index contributed by atoms with van der Waals surface area (Å²) in [5.74, 6) is -0.307. The first kappa shape index (κ1) is 20.1. The van der Waals surface area contributed by atoms with E-state index in [2.05, 4.69) is 30.6 Å². The number of carbonyl (C=O) groups excluding carboxylic acids is 1. The standard InChI is InChI=1S/C13H25O4PS2/c1-12(2)13(14)16-10-8-6-4-3-5-7-9-11-17-18(15,19)20/h1,3-11H2,2H3,(H2,15,19,20). The van der Waals surface area contributed by atoms with E-state index >= 15 is 0 Å². The zero-order valence-corrected chi connectivity index (χ0v) is 14.7. The minimum atomic E-state index is -2.77. The van der Waals surface area contributed by atoms with Gasteiger partial charge in [0.05, 0.1) is 13.2 Å². The third kappa shape index (κ3) is 14.5. The molecule has 0 bridgehead atoms. The molecule has 0 spiro atoms. The lowest BCUT2D eigenvalue weighted by molar-refractivity contribution is -0.139. The minimum Gasteiger partial charge on any atom is -0.462 e. The summed E-state index contributed by atoms with van der Waals surface area (Å²) in [6, 6.07) is 0. The van der Waals surface area contributed by atoms with Crippen molar-refractivity contribution in [1.82, 2.24) is 0 Å². The molecule has 1 unspecified atom stereocenters. The lowest BCUT2D eigenvalue weighted by Crippen LogP contribution is -2.05. The minimum absolute atomic E-state index is 0.307. The third-order valence-electron chi connectivity index (χ3n) is 2.63. The zero-order valence-electron chi connectivity index (χ0n) is 12.0. The van der Waals surface area contributed by atoms with E-state index in [0.717, 1.165) is 44.9 Å². The van der Waals surface area contributed by atoms with Crippen molar-refractivity contribution >= 4 is 35.7 Å². The van der Waals surface area contributed by atoms with Gasteiger partial charge < -0.3 is 14.2 Å². The molecule has 0 aromatic heterocycles. The molecule has 0 aliphatic rings. The molecular weight excluding hydrogens is 315 g/mol. The second-order valence-corrected chi connectivity index (χ2v) is 9.88. The Morgan fingerprint density at radius 3 is 2.05 bits per heavy atom. The molecule has 7 heteroatoms. The topological polar surface area (TPSA) is 55.8 Å². The Labute approximate surface area is 132 Å². The van der Waals surface area contributed by atoms with Crippen LogP contribution in [0.25, 0.3) is 0 Å². The SMILES string of the molecule is C=C(C)C(=O)OCCCCCCCCCOP(O)(=S)S. The quantitative estimate of drug-likeness (QED) is 0.185. The van der Waals surface area contributed by atoms with Crippen LogP contribution in [0.2, 0.25) is 0 Å². The molecule has 0 aliphatic carbocycles. The second kappa shape index (κ2) is 11.8. The van der Waals surface area contributed by atoms with E-state index in [0.29, 0.717) is 18.8 Å². The molecule has 20 heavy (non-hydrogen) atoms. The Kier molecular flexibility index (Phi) is 11.8. The maximum atomic E-state index is 11.1. The number of esters is 1. The van der Waals surface area contributed by atoms with E-state index in [1.165, 1.54) is 0 Å². The van der Waals surface area contributed by atoms with Crippen LogP contribution in [0.3, 0.4) is 0 Å². The Morgan fingerprint density at radius 1 is 1.15 bits per heavy atom. The first-order valence-corrected chi connectivity index (χ1v) is 10.7. The molecule has 1 N–H and O–H groups in total. The summed E-state index contributed by atoms with van der Waals surface area (Å²) >= 11 is 8.44. The van der Waals surface area contributed by atoms with Crippen molar-refractivity contribution in [3.8, 4) is 0 Å². The molecular formula is C13H25O4PS2. The van der Waals surface area contributed by atoms with Crippen molar-refractivity contribution in [3.05, 3.63) is 12.2 Å². The fraction of sp³-hybridized carbons (Fsp3) is 0.769. The van der Waals surface area contributed by atoms with E-state index in [-0.39, 0.29) is 5.97 Å². The second-order valence-electron chi connectivity index (χ2n) is 4.71. The smallest absolute Gasteiger partial charge is 0.333 e. The van der Waals surface area contributed by atoms with Crippen molar-refractivity contribution < 1.29 is 18.9 Å². The number of thiol groups is 1. The van der Waals surface area contributed by atoms with Gasteiger partial charge in [0, 0.05) is 5.57 Å². The van der Waals surface area contributed by atoms with Crippen LogP contribution in [0.5, 0.6) is 0 Å². The van der Waals surface area contributed by atoms with Gasteiger partial charge in [-0.25, -0.2) is 4.79 Å². The van der Waals surface area contributed by atoms with Gasteiger partial charge in [-0.1, -0.05) is 50.9 Å². The predicted octanol–water partition coefficient (Wildman–Crippen LogP) is 4.00. The highest BCUT2D eigenvalue weighted by Gasteiger charge is 2.04. The summed E-state index contributed by atoms with van der Waals surface area (Å²) in [5, 5.41) is 0. The predicted molar refractivity (Wildman–Crippen MR) is 89.5 cm³/mol. The maximum Gasteiger partial charge on any atom is 0.333 e. The molecule has 0 heterocycles. The van der Waals surface area contributed by atoms with Crippen LogP contribution >= 0.6 is 17.9 Å². The Bertz CT molecular complexity index is 341. The van der Waals surface area contributed by atoms with Gasteiger partial charge in [0.1, 0.15) is 0 Å². The average molecular weight is 340 g/mol. The van der Waals surface area contributed by atoms with Crippen molar-refractivity contribution in [2.75, 3.05) is 13.2 Å². The van der Waals surface area contributed by atoms with Crippen molar-refractivity contribution in [2.24, 2.45) is 0 Å². The van der Waals surface area contributed by atoms with Crippen molar-refractivity contribution in [3.63, 3.8) is 0 Å². The average Bonchev–Trinajstić information content (AvgIpc) is 2.34. The molecule has 118 valence electrons. The summed E-state index contributed by atoms with van der Waals surface area (Å²) in [7, 11) is 0. The molecule has 0 rings (SSSR count). The van der Waals surface area contributed by atoms with E-state index in [1.807, 2.05) is 0 Å². The van der Waals surface area contributed by atoms with Gasteiger partial charge in [-0.15, -0.1) is 0 Å². The number of unbranched alkanes of at least 4 members (excludes halogenated alkanes) is 6. The third-order valence-corrected chi connectivity index (χ3v) is 3.81. The van der Waals surface area contributed by atoms with Crippen LogP contribution in [-0.4, -0.2) is 24.1 Å². The molecule has 4 nitrogen and oxygen atoms in total. The van der Waals surface area contributed by atoms with Gasteiger partial charge in [0.15, 0.2) is 0 Å². The molecule has 0 fully saturated rings. The highest BCUT2D eigenvalue weighted by molar-refractivity contribution is 8.59. The van der Waals surface area contributed by atoms with Crippen LogP contribution in [0.4, 0.5) is 0 Å². The molecule has 0 saturated heterocycles. The van der Waals surface area contributed by atoms with Crippen molar-refractivity contribution in [1.29, 1.82) is 0 Å². The summed E-state index contributed by atoms with van der Waals surface area (Å²) in [6.45, 7) is 6.13.